The minimum Gasteiger partial charge on any atom is -0.412 e. The van der Waals surface area contributed by atoms with Gasteiger partial charge in [0.1, 0.15) is 0 Å². The summed E-state index contributed by atoms with van der Waals surface area (Å²) >= 11 is 0. The predicted octanol–water partition coefficient (Wildman–Crippen LogP) is -189. The molecule has 0 aromatic carbocycles. The van der Waals surface area contributed by atoms with Crippen molar-refractivity contribution in [1.82, 2.24) is 0 Å². The summed E-state index contributed by atoms with van der Waals surface area (Å²) in [6, 6.07) is 0. The Kier molecular flexibility index (Phi) is 4820. The molecule has 0 heterocycles. The van der Waals surface area contributed by atoms with Gasteiger partial charge in [0.25, 0.3) is 0 Å². The molecule has 0 unspecified atom stereocenters. The third-order valence-corrected chi connectivity index (χ3v) is 0. The summed E-state index contributed by atoms with van der Waals surface area (Å²) in [6.07, 6.45) is 0. The average molecular weight is 1550 g/mol. The van der Waals surface area contributed by atoms with E-state index in [0.717, 1.165) is 0 Å². The molecular formula is H16Na61O8+61. The Balaban J connectivity index is 0. The van der Waals surface area contributed by atoms with Gasteiger partial charge in [0, 0.05) is 0 Å². The number of rotatable bonds is 0. The third-order valence-electron chi connectivity index (χ3n) is 0. The van der Waals surface area contributed by atoms with Gasteiger partial charge in [0.15, 0.2) is 0 Å². The first-order valence-corrected chi connectivity index (χ1v) is 0. The smallest absolute Gasteiger partial charge is 0.412 e. The first-order chi connectivity index (χ1) is 0. The van der Waals surface area contributed by atoms with E-state index >= 15 is 0 Å². The molecule has 8 nitrogen and oxygen atoms in total. The average Bonchev–Trinajstić information content (AvgIpc) is 0. The Morgan fingerprint density at radius 2 is 0.0290 bits per heavy atom. The van der Waals surface area contributed by atoms with Gasteiger partial charge in [-0.2, -0.15) is 0 Å². The summed E-state index contributed by atoms with van der Waals surface area (Å²) in [5.74, 6) is 0. The SMILES string of the molecule is O.O.O.O.O.O.O.O.[Na+].[Na+].[Na+].[Na+].[Na+].[Na+].[Na+].[Na+].[Na+].[Na+].[Na+].[Na+].[Na+].[Na+].[Na+].[Na+].[Na+].[Na+].[Na+].[Na+].[Na+].[Na+].[Na+].[Na+].[Na+].[Na+].[Na+].[Na+].[Na+].[Na+].[Na+].[Na+].[Na+].[Na+].[Na+].[Na+].[Na+].[Na+].[Na+].[Na+].[Na+].[Na+].[Na+].[Na+].[Na+].[Na+].[Na+].[Na+].[Na+].[Na+].[Na+].[Na+].[Na+].[Na+].[Na+].[Na+].[Na+].[Na+].[Na+].[Na+].[Na+]. The maximum atomic E-state index is 0. The summed E-state index contributed by atoms with van der Waals surface area (Å²) < 4.78 is 0. The van der Waals surface area contributed by atoms with Crippen molar-refractivity contribution >= 4 is 0 Å². The fraction of sp³-hybridized carbons (Fsp3) is 0. The Labute approximate surface area is 1780 Å². The molecule has 0 aromatic rings. The minimum absolute atomic E-state index is 0. The van der Waals surface area contributed by atoms with E-state index < -0.39 is 0 Å². The molecular weight excluding hydrogens is 1530 g/mol. The van der Waals surface area contributed by atoms with Crippen LogP contribution in [0.4, 0.5) is 0 Å². The molecule has 0 spiro atoms. The Morgan fingerprint density at radius 3 is 0.0290 bits per heavy atom. The van der Waals surface area contributed by atoms with E-state index in [2.05, 4.69) is 0 Å². The van der Waals surface area contributed by atoms with Crippen molar-refractivity contribution in [3.8, 4) is 0 Å². The summed E-state index contributed by atoms with van der Waals surface area (Å²) in [6.45, 7) is 0. The van der Waals surface area contributed by atoms with E-state index in [4.69, 9.17) is 0 Å². The summed E-state index contributed by atoms with van der Waals surface area (Å²) in [7, 11) is 0. The summed E-state index contributed by atoms with van der Waals surface area (Å²) in [4.78, 5) is 0. The van der Waals surface area contributed by atoms with Crippen LogP contribution in [0.15, 0.2) is 0 Å². The second kappa shape index (κ2) is 570. The molecule has 0 aromatic heterocycles. The van der Waals surface area contributed by atoms with E-state index in [1.54, 1.807) is 0 Å². The molecule has 0 aliphatic rings. The topological polar surface area (TPSA) is 252 Å². The van der Waals surface area contributed by atoms with Crippen molar-refractivity contribution in [3.05, 3.63) is 0 Å². The molecule has 69 heteroatoms. The first kappa shape index (κ1) is 583. The van der Waals surface area contributed by atoms with Crippen LogP contribution in [0, 0.1) is 0 Å². The van der Waals surface area contributed by atoms with Crippen LogP contribution in [0.25, 0.3) is 0 Å². The van der Waals surface area contributed by atoms with Crippen LogP contribution in [0.2, 0.25) is 0 Å². The molecule has 16 N–H and O–H groups in total. The third kappa shape index (κ3) is 561. The summed E-state index contributed by atoms with van der Waals surface area (Å²) in [5, 5.41) is 0. The van der Waals surface area contributed by atoms with E-state index in [1.165, 1.54) is 0 Å². The Morgan fingerprint density at radius 1 is 0.0290 bits per heavy atom. The van der Waals surface area contributed by atoms with Gasteiger partial charge in [0.2, 0.25) is 0 Å². The van der Waals surface area contributed by atoms with Crippen molar-refractivity contribution in [1.29, 1.82) is 0 Å². The second-order valence-electron chi connectivity index (χ2n) is 0. The molecule has 0 atom stereocenters. The zero-order valence-corrected chi connectivity index (χ0v) is 187. The quantitative estimate of drug-likeness (QED) is 0.205. The fourth-order valence-corrected chi connectivity index (χ4v) is 0. The molecule has 69 heavy (non-hydrogen) atoms. The van der Waals surface area contributed by atoms with Crippen molar-refractivity contribution in [2.75, 3.05) is 0 Å². The monoisotopic (exact) mass is 1550 g/mol. The maximum Gasteiger partial charge on any atom is 1.00 e. The van der Waals surface area contributed by atoms with Crippen LogP contribution in [0.1, 0.15) is 0 Å². The van der Waals surface area contributed by atoms with Crippen molar-refractivity contribution in [2.24, 2.45) is 0 Å². The number of hydrogen-bond acceptors (Lipinski definition) is 0. The van der Waals surface area contributed by atoms with Crippen molar-refractivity contribution in [2.45, 2.75) is 0 Å². The van der Waals surface area contributed by atoms with Crippen LogP contribution >= 0.6 is 0 Å². The van der Waals surface area contributed by atoms with Crippen LogP contribution < -0.4 is 1800 Å². The van der Waals surface area contributed by atoms with Gasteiger partial charge in [-0.3, -0.25) is 0 Å². The van der Waals surface area contributed by atoms with Gasteiger partial charge in [-0.05, 0) is 0 Å². The van der Waals surface area contributed by atoms with E-state index in [-0.39, 0.29) is 1850 Å². The van der Waals surface area contributed by atoms with Crippen LogP contribution in [0.5, 0.6) is 0 Å². The normalized spacial score (nSPS) is 0. The standard InChI is InChI=1S/61Na.8H2O/h;;;;;;;;;;;;;;;;;;;;;;;;;;;;;;;;;;;;;;;;;;;;;;;;;;;;;;;;;;;;;8*1H2/q61*+1;;;;;;;;. The van der Waals surface area contributed by atoms with Gasteiger partial charge in [-0.25, -0.2) is 0 Å². The minimum atomic E-state index is 0. The number of hydrogen-bond donors (Lipinski definition) is 0. The van der Waals surface area contributed by atoms with Gasteiger partial charge < -0.3 is 43.8 Å². The molecule has 0 aliphatic carbocycles. The summed E-state index contributed by atoms with van der Waals surface area (Å²) in [5.41, 5.74) is 0. The molecule has 0 amide bonds. The Bertz CT molecular complexity index is 35.7. The molecule has 64 valence electrons. The molecule has 0 saturated carbocycles. The van der Waals surface area contributed by atoms with Crippen LogP contribution in [0.3, 0.4) is 0 Å². The molecule has 0 radical (unpaired) electrons. The van der Waals surface area contributed by atoms with E-state index in [1.807, 2.05) is 0 Å². The zero-order valence-electron chi connectivity index (χ0n) is 65.0. The van der Waals surface area contributed by atoms with Gasteiger partial charge >= 0.3 is 1800 Å². The van der Waals surface area contributed by atoms with E-state index in [9.17, 15) is 0 Å². The first-order valence-electron chi connectivity index (χ1n) is 0. The molecule has 0 aliphatic heterocycles. The van der Waals surface area contributed by atoms with Crippen molar-refractivity contribution in [3.63, 3.8) is 0 Å². The predicted molar refractivity (Wildman–Crippen MR) is 28.9 cm³/mol. The van der Waals surface area contributed by atoms with Crippen LogP contribution in [-0.2, 0) is 0 Å². The van der Waals surface area contributed by atoms with Crippen LogP contribution in [-0.4, -0.2) is 43.8 Å². The molecule has 0 fully saturated rings. The molecule has 0 bridgehead atoms. The van der Waals surface area contributed by atoms with Gasteiger partial charge in [-0.1, -0.05) is 0 Å². The van der Waals surface area contributed by atoms with Gasteiger partial charge in [-0.15, -0.1) is 0 Å². The Hall–Kier alpha value is 60.7. The second-order valence-corrected chi connectivity index (χ2v) is 0. The molecule has 0 rings (SSSR count). The largest absolute Gasteiger partial charge is 1.00 e. The molecule has 0 saturated heterocycles. The zero-order chi connectivity index (χ0) is 0. The fourth-order valence-electron chi connectivity index (χ4n) is 0. The van der Waals surface area contributed by atoms with Gasteiger partial charge in [0.05, 0.1) is 0 Å². The van der Waals surface area contributed by atoms with Crippen molar-refractivity contribution < 1.29 is 1850 Å². The van der Waals surface area contributed by atoms with E-state index in [0.29, 0.717) is 0 Å². The maximum absolute atomic E-state index is 0.